The molecule has 0 heterocycles. The Balaban J connectivity index is 3.27. The second kappa shape index (κ2) is 7.92. The van der Waals surface area contributed by atoms with Crippen LogP contribution in [-0.2, 0) is 0 Å². The fourth-order valence-corrected chi connectivity index (χ4v) is 1.62. The maximum atomic E-state index is 6.10. The van der Waals surface area contributed by atoms with Gasteiger partial charge in [-0.3, -0.25) is 0 Å². The Morgan fingerprint density at radius 3 is 2.13 bits per heavy atom. The van der Waals surface area contributed by atoms with Crippen LogP contribution < -0.4 is 5.73 Å². The maximum Gasteiger partial charge on any atom is 0.00876 e. The topological polar surface area (TPSA) is 26.0 Å². The Bertz CT molecular complexity index is 155. The van der Waals surface area contributed by atoms with Crippen LogP contribution in [0.1, 0.15) is 65.7 Å². The van der Waals surface area contributed by atoms with Crippen molar-refractivity contribution in [3.63, 3.8) is 0 Å². The highest BCUT2D eigenvalue weighted by Gasteiger charge is 2.19. The van der Waals surface area contributed by atoms with Gasteiger partial charge in [0, 0.05) is 6.04 Å². The minimum atomic E-state index is 0.267. The van der Waals surface area contributed by atoms with Crippen LogP contribution in [0.5, 0.6) is 0 Å². The van der Waals surface area contributed by atoms with E-state index >= 15 is 0 Å². The molecule has 1 atom stereocenters. The van der Waals surface area contributed by atoms with Gasteiger partial charge in [-0.25, -0.2) is 0 Å². The van der Waals surface area contributed by atoms with Crippen molar-refractivity contribution in [1.29, 1.82) is 0 Å². The van der Waals surface area contributed by atoms with Crippen molar-refractivity contribution < 1.29 is 0 Å². The van der Waals surface area contributed by atoms with Gasteiger partial charge in [-0.15, -0.1) is 6.58 Å². The minimum Gasteiger partial charge on any atom is -0.327 e. The van der Waals surface area contributed by atoms with E-state index in [-0.39, 0.29) is 5.41 Å². The molecule has 0 aromatic rings. The molecule has 0 radical (unpaired) electrons. The first-order valence-electron chi connectivity index (χ1n) is 6.35. The fraction of sp³-hybridized carbons (Fsp3) is 0.857. The van der Waals surface area contributed by atoms with Crippen molar-refractivity contribution in [2.75, 3.05) is 0 Å². The number of nitrogens with two attached hydrogens (primary N) is 1. The van der Waals surface area contributed by atoms with Gasteiger partial charge in [0.2, 0.25) is 0 Å². The van der Waals surface area contributed by atoms with Gasteiger partial charge < -0.3 is 5.73 Å². The van der Waals surface area contributed by atoms with E-state index in [2.05, 4.69) is 27.4 Å². The van der Waals surface area contributed by atoms with Crippen molar-refractivity contribution in [3.05, 3.63) is 12.7 Å². The number of rotatable bonds is 8. The third-order valence-corrected chi connectivity index (χ3v) is 3.04. The first kappa shape index (κ1) is 14.7. The Hall–Kier alpha value is -0.300. The van der Waals surface area contributed by atoms with Crippen LogP contribution in [0.15, 0.2) is 12.7 Å². The van der Waals surface area contributed by atoms with Crippen molar-refractivity contribution in [1.82, 2.24) is 0 Å². The molecule has 0 fully saturated rings. The number of unbranched alkanes of at least 4 members (excludes halogenated alkanes) is 5. The molecule has 1 nitrogen and oxygen atoms in total. The highest BCUT2D eigenvalue weighted by atomic mass is 14.7. The van der Waals surface area contributed by atoms with E-state index in [0.717, 1.165) is 0 Å². The summed E-state index contributed by atoms with van der Waals surface area (Å²) in [6.45, 7) is 10.4. The molecule has 0 aromatic carbocycles. The summed E-state index contributed by atoms with van der Waals surface area (Å²) in [5.74, 6) is 0. The Kier molecular flexibility index (Phi) is 7.76. The quantitative estimate of drug-likeness (QED) is 0.471. The zero-order valence-electron chi connectivity index (χ0n) is 10.9. The Morgan fingerprint density at radius 1 is 1.07 bits per heavy atom. The molecule has 0 aliphatic carbocycles. The number of hydrogen-bond acceptors (Lipinski definition) is 1. The largest absolute Gasteiger partial charge is 0.327 e. The van der Waals surface area contributed by atoms with Crippen LogP contribution in [0.4, 0.5) is 0 Å². The van der Waals surface area contributed by atoms with Crippen LogP contribution in [0.3, 0.4) is 0 Å². The van der Waals surface area contributed by atoms with Gasteiger partial charge in [0.25, 0.3) is 0 Å². The van der Waals surface area contributed by atoms with Gasteiger partial charge in [0.15, 0.2) is 0 Å². The molecular formula is C14H29N. The van der Waals surface area contributed by atoms with Crippen molar-refractivity contribution in [2.24, 2.45) is 11.1 Å². The zero-order chi connectivity index (χ0) is 11.7. The molecule has 0 aliphatic heterocycles. The summed E-state index contributed by atoms with van der Waals surface area (Å²) in [7, 11) is 0. The van der Waals surface area contributed by atoms with E-state index in [0.29, 0.717) is 6.04 Å². The van der Waals surface area contributed by atoms with Gasteiger partial charge in [-0.1, -0.05) is 52.5 Å². The molecule has 2 N–H and O–H groups in total. The molecule has 0 aromatic heterocycles. The number of hydrogen-bond donors (Lipinski definition) is 1. The van der Waals surface area contributed by atoms with Crippen molar-refractivity contribution in [2.45, 2.75) is 71.8 Å². The van der Waals surface area contributed by atoms with Gasteiger partial charge in [-0.2, -0.15) is 0 Å². The zero-order valence-corrected chi connectivity index (χ0v) is 10.9. The second-order valence-electron chi connectivity index (χ2n) is 5.61. The van der Waals surface area contributed by atoms with E-state index < -0.39 is 0 Å². The van der Waals surface area contributed by atoms with Crippen LogP contribution in [0.2, 0.25) is 0 Å². The first-order chi connectivity index (χ1) is 6.98. The standard InChI is InChI=1S/C14H29N/c1-5-6-7-8-9-10-11-12-13(15)14(2,3)4/h5,13H,1,6-12,15H2,2-4H3. The lowest BCUT2D eigenvalue weighted by molar-refractivity contribution is 0.298. The predicted octanol–water partition coefficient (Wildman–Crippen LogP) is 4.28. The Labute approximate surface area is 96.1 Å². The molecular weight excluding hydrogens is 182 g/mol. The summed E-state index contributed by atoms with van der Waals surface area (Å²) >= 11 is 0. The molecule has 1 heteroatoms. The normalized spacial score (nSPS) is 13.9. The third-order valence-electron chi connectivity index (χ3n) is 3.04. The first-order valence-corrected chi connectivity index (χ1v) is 6.35. The molecule has 0 saturated heterocycles. The highest BCUT2D eigenvalue weighted by molar-refractivity contribution is 4.76. The fourth-order valence-electron chi connectivity index (χ4n) is 1.62. The van der Waals surface area contributed by atoms with Crippen LogP contribution in [0, 0.1) is 5.41 Å². The molecule has 0 saturated carbocycles. The predicted molar refractivity (Wildman–Crippen MR) is 69.9 cm³/mol. The van der Waals surface area contributed by atoms with Crippen LogP contribution in [-0.4, -0.2) is 6.04 Å². The highest BCUT2D eigenvalue weighted by Crippen LogP contribution is 2.21. The molecule has 0 amide bonds. The number of allylic oxidation sites excluding steroid dienone is 1. The van der Waals surface area contributed by atoms with E-state index in [4.69, 9.17) is 5.73 Å². The second-order valence-corrected chi connectivity index (χ2v) is 5.61. The molecule has 15 heavy (non-hydrogen) atoms. The Morgan fingerprint density at radius 2 is 1.60 bits per heavy atom. The van der Waals surface area contributed by atoms with E-state index in [1.165, 1.54) is 44.9 Å². The van der Waals surface area contributed by atoms with E-state index in [1.54, 1.807) is 0 Å². The summed E-state index contributed by atoms with van der Waals surface area (Å²) in [6, 6.07) is 0.352. The maximum absolute atomic E-state index is 6.10. The van der Waals surface area contributed by atoms with Gasteiger partial charge in [0.1, 0.15) is 0 Å². The molecule has 0 rings (SSSR count). The molecule has 1 unspecified atom stereocenters. The van der Waals surface area contributed by atoms with E-state index in [9.17, 15) is 0 Å². The minimum absolute atomic E-state index is 0.267. The average Bonchev–Trinajstić information content (AvgIpc) is 2.14. The van der Waals surface area contributed by atoms with Crippen molar-refractivity contribution in [3.8, 4) is 0 Å². The molecule has 90 valence electrons. The third kappa shape index (κ3) is 8.68. The lowest BCUT2D eigenvalue weighted by atomic mass is 9.84. The van der Waals surface area contributed by atoms with Gasteiger partial charge in [0.05, 0.1) is 0 Å². The van der Waals surface area contributed by atoms with E-state index in [1.807, 2.05) is 6.08 Å². The molecule has 0 aliphatic rings. The van der Waals surface area contributed by atoms with Gasteiger partial charge >= 0.3 is 0 Å². The smallest absolute Gasteiger partial charge is 0.00876 e. The SMILES string of the molecule is C=CCCCCCCCC(N)C(C)(C)C. The summed E-state index contributed by atoms with van der Waals surface area (Å²) in [4.78, 5) is 0. The monoisotopic (exact) mass is 211 g/mol. The lowest BCUT2D eigenvalue weighted by Gasteiger charge is -2.26. The van der Waals surface area contributed by atoms with Crippen LogP contribution >= 0.6 is 0 Å². The summed E-state index contributed by atoms with van der Waals surface area (Å²) in [5, 5.41) is 0. The molecule has 0 spiro atoms. The molecule has 0 bridgehead atoms. The summed E-state index contributed by atoms with van der Waals surface area (Å²) < 4.78 is 0. The van der Waals surface area contributed by atoms with Crippen LogP contribution in [0.25, 0.3) is 0 Å². The summed E-state index contributed by atoms with van der Waals surface area (Å²) in [6.07, 6.45) is 11.0. The lowest BCUT2D eigenvalue weighted by Crippen LogP contribution is -2.34. The van der Waals surface area contributed by atoms with Crippen molar-refractivity contribution >= 4 is 0 Å². The summed E-state index contributed by atoms with van der Waals surface area (Å²) in [5.41, 5.74) is 6.37. The average molecular weight is 211 g/mol. The van der Waals surface area contributed by atoms with Gasteiger partial charge in [-0.05, 0) is 24.7 Å².